The van der Waals surface area contributed by atoms with E-state index in [0.29, 0.717) is 36.1 Å². The molecule has 10 atom stereocenters. The van der Waals surface area contributed by atoms with E-state index in [1.165, 1.54) is 24.3 Å². The molecule has 17 heteroatoms. The summed E-state index contributed by atoms with van der Waals surface area (Å²) in [4.78, 5) is 58.5. The average molecular weight is 999 g/mol. The minimum atomic E-state index is -1.78. The van der Waals surface area contributed by atoms with Crippen LogP contribution in [0.15, 0.2) is 76.9 Å². The van der Waals surface area contributed by atoms with Crippen molar-refractivity contribution in [2.45, 2.75) is 141 Å². The Bertz CT molecular complexity index is 2630. The molecule has 2 aromatic rings. The predicted octanol–water partition coefficient (Wildman–Crippen LogP) is 5.40. The first kappa shape index (κ1) is 52.8. The van der Waals surface area contributed by atoms with Crippen LogP contribution < -0.4 is 18.9 Å². The van der Waals surface area contributed by atoms with Gasteiger partial charge in [-0.25, -0.2) is 9.59 Å². The largest absolute Gasteiger partial charge is 0.482 e. The third-order valence-corrected chi connectivity index (χ3v) is 14.5. The molecule has 3 fully saturated rings. The minimum absolute atomic E-state index is 0.0345. The first-order chi connectivity index (χ1) is 34.1. The van der Waals surface area contributed by atoms with Crippen LogP contribution in [0.1, 0.15) is 113 Å². The van der Waals surface area contributed by atoms with Gasteiger partial charge in [0.15, 0.2) is 28.5 Å². The first-order valence-electron chi connectivity index (χ1n) is 24.5. The van der Waals surface area contributed by atoms with Gasteiger partial charge < -0.3 is 63.4 Å². The molecule has 4 aliphatic heterocycles. The zero-order valence-electron chi connectivity index (χ0n) is 42.0. The molecule has 0 amide bonds. The number of carbonyl (C=O) groups is 4. The number of aliphatic hydroxyl groups excluding tert-OH is 5. The maximum absolute atomic E-state index is 15.8. The molecule has 388 valence electrons. The van der Waals surface area contributed by atoms with Gasteiger partial charge in [0.05, 0.1) is 43.2 Å². The van der Waals surface area contributed by atoms with Gasteiger partial charge in [0.25, 0.3) is 0 Å². The number of benzene rings is 2. The zero-order valence-corrected chi connectivity index (χ0v) is 42.0. The SMILES string of the molecule is CC(C)=CCCC1(C)C=Cc2c(c(CC=C(C)C)c3c(c2OC(=O)c2ccc(O[C@@H]4O[C@H](CO)[C@@H](O)[C@@H](O)[C@H]4O)cc2)C(=O)C2=CC4CC5C(C)(C)OC(CC=C(C)C(=O)OCCOCCO)(C4=O)C25O3)O1. The van der Waals surface area contributed by atoms with Gasteiger partial charge >= 0.3 is 11.9 Å². The molecule has 5 unspecified atom stereocenters. The van der Waals surface area contributed by atoms with Gasteiger partial charge in [-0.05, 0) is 117 Å². The van der Waals surface area contributed by atoms with Gasteiger partial charge in [-0.3, -0.25) is 9.59 Å². The Morgan fingerprint density at radius 1 is 0.861 bits per heavy atom. The molecule has 3 aliphatic carbocycles. The molecule has 9 rings (SSSR count). The van der Waals surface area contributed by atoms with Crippen LogP contribution in [0.5, 0.6) is 23.0 Å². The maximum atomic E-state index is 15.8. The standard InChI is InChI=1S/C55H66O17/c1-29(2)10-9-19-53(8)20-18-36-45(70-53)35(16-11-30(3)4)47-40(46(36)69-50(64)32-12-14-34(15-13-32)67-51-44(61)43(60)42(59)38(28-57)68-51)41(58)37-26-33-27-39-52(6,7)72-54(48(33)62,55(37,39)71-47)21-17-31(5)49(63)66-25-24-65-23-22-56/h10-15,17-18,20,26,33,38-39,42-44,51,56-57,59-61H,9,16,19,21-25,27-28H2,1-8H3/t33?,38-,39?,42-,43-,44-,51-,53?,54?,55?/m1/s1. The highest BCUT2D eigenvalue weighted by atomic mass is 16.7. The van der Waals surface area contributed by atoms with Crippen LogP contribution in [0.25, 0.3) is 6.08 Å². The number of ketones is 2. The quantitative estimate of drug-likeness (QED) is 0.0413. The van der Waals surface area contributed by atoms with Crippen LogP contribution in [-0.2, 0) is 35.0 Å². The van der Waals surface area contributed by atoms with Crippen molar-refractivity contribution in [3.05, 3.63) is 99.2 Å². The highest BCUT2D eigenvalue weighted by molar-refractivity contribution is 6.19. The van der Waals surface area contributed by atoms with Gasteiger partial charge in [0, 0.05) is 35.0 Å². The second kappa shape index (κ2) is 20.4. The number of ether oxygens (including phenoxy) is 8. The van der Waals surface area contributed by atoms with Gasteiger partial charge in [-0.1, -0.05) is 35.5 Å². The molecule has 5 N–H and O–H groups in total. The molecule has 7 aliphatic rings. The number of esters is 2. The van der Waals surface area contributed by atoms with Crippen LogP contribution in [0.2, 0.25) is 0 Å². The van der Waals surface area contributed by atoms with Crippen LogP contribution in [0, 0.1) is 11.8 Å². The number of allylic oxidation sites excluding steroid dienone is 5. The van der Waals surface area contributed by atoms with E-state index in [4.69, 9.17) is 43.0 Å². The van der Waals surface area contributed by atoms with Gasteiger partial charge in [-0.2, -0.15) is 0 Å². The lowest BCUT2D eigenvalue weighted by molar-refractivity contribution is -0.277. The highest BCUT2D eigenvalue weighted by Gasteiger charge is 2.81. The fraction of sp³-hybridized carbons (Fsp3) is 0.527. The zero-order chi connectivity index (χ0) is 52.1. The Balaban J connectivity index is 1.23. The lowest BCUT2D eigenvalue weighted by Crippen LogP contribution is -2.72. The second-order valence-electron chi connectivity index (χ2n) is 20.6. The summed E-state index contributed by atoms with van der Waals surface area (Å²) in [5.74, 6) is -3.20. The normalized spacial score (nSPS) is 30.5. The molecule has 2 saturated heterocycles. The molecule has 2 aromatic carbocycles. The molecule has 0 radical (unpaired) electrons. The van der Waals surface area contributed by atoms with Crippen LogP contribution in [-0.4, -0.2) is 135 Å². The lowest BCUT2D eigenvalue weighted by Gasteiger charge is -2.56. The van der Waals surface area contributed by atoms with Crippen molar-refractivity contribution in [3.63, 3.8) is 0 Å². The minimum Gasteiger partial charge on any atom is -0.482 e. The molecule has 4 heterocycles. The molecule has 0 aromatic heterocycles. The summed E-state index contributed by atoms with van der Waals surface area (Å²) in [5, 5.41) is 49.7. The smallest absolute Gasteiger partial charge is 0.343 e. The second-order valence-corrected chi connectivity index (χ2v) is 20.6. The van der Waals surface area contributed by atoms with Gasteiger partial charge in [0.1, 0.15) is 59.4 Å². The third-order valence-electron chi connectivity index (χ3n) is 14.5. The third kappa shape index (κ3) is 9.38. The van der Waals surface area contributed by atoms with Crippen molar-refractivity contribution in [2.75, 3.05) is 33.0 Å². The summed E-state index contributed by atoms with van der Waals surface area (Å²) in [7, 11) is 0. The van der Waals surface area contributed by atoms with Crippen molar-refractivity contribution < 1.29 is 82.6 Å². The topological polar surface area (TPSA) is 243 Å². The molecule has 4 bridgehead atoms. The monoisotopic (exact) mass is 998 g/mol. The molecular weight excluding hydrogens is 933 g/mol. The molecular formula is C55H66O17. The summed E-state index contributed by atoms with van der Waals surface area (Å²) in [6.07, 6.45) is 5.13. The van der Waals surface area contributed by atoms with Crippen molar-refractivity contribution in [1.82, 2.24) is 0 Å². The average Bonchev–Trinajstić information content (AvgIpc) is 3.49. The summed E-state index contributed by atoms with van der Waals surface area (Å²) in [6.45, 7) is 14.5. The van der Waals surface area contributed by atoms with Crippen molar-refractivity contribution in [3.8, 4) is 23.0 Å². The van der Waals surface area contributed by atoms with E-state index in [0.717, 1.165) is 11.1 Å². The Morgan fingerprint density at radius 2 is 1.58 bits per heavy atom. The van der Waals surface area contributed by atoms with E-state index in [1.807, 2.05) is 60.6 Å². The fourth-order valence-corrected chi connectivity index (χ4v) is 10.9. The molecule has 1 saturated carbocycles. The summed E-state index contributed by atoms with van der Waals surface area (Å²) in [6, 6.07) is 5.61. The van der Waals surface area contributed by atoms with Crippen molar-refractivity contribution in [1.29, 1.82) is 0 Å². The maximum Gasteiger partial charge on any atom is 0.343 e. The number of aliphatic hydroxyl groups is 5. The van der Waals surface area contributed by atoms with Gasteiger partial charge in [0.2, 0.25) is 6.29 Å². The van der Waals surface area contributed by atoms with Crippen LogP contribution in [0.4, 0.5) is 0 Å². The number of hydrogen-bond acceptors (Lipinski definition) is 17. The Morgan fingerprint density at radius 3 is 2.26 bits per heavy atom. The Kier molecular flexibility index (Phi) is 15.0. The summed E-state index contributed by atoms with van der Waals surface area (Å²) in [5.41, 5.74) is -2.04. The van der Waals surface area contributed by atoms with E-state index >= 15 is 9.59 Å². The number of rotatable bonds is 18. The highest BCUT2D eigenvalue weighted by Crippen LogP contribution is 2.69. The number of Topliss-reactive ketones (excluding diaryl/α,β-unsaturated/α-hetero) is 2. The Labute approximate surface area is 418 Å². The van der Waals surface area contributed by atoms with E-state index in [9.17, 15) is 30.0 Å². The summed E-state index contributed by atoms with van der Waals surface area (Å²) < 4.78 is 49.7. The summed E-state index contributed by atoms with van der Waals surface area (Å²) >= 11 is 0. The number of hydrogen-bond donors (Lipinski definition) is 5. The fourth-order valence-electron chi connectivity index (χ4n) is 10.9. The molecule has 17 nitrogen and oxygen atoms in total. The van der Waals surface area contributed by atoms with E-state index < -0.39 is 89.3 Å². The predicted molar refractivity (Wildman–Crippen MR) is 260 cm³/mol. The van der Waals surface area contributed by atoms with E-state index in [-0.39, 0.29) is 84.6 Å². The van der Waals surface area contributed by atoms with Crippen molar-refractivity contribution >= 4 is 29.6 Å². The van der Waals surface area contributed by atoms with Crippen LogP contribution >= 0.6 is 0 Å². The molecule has 72 heavy (non-hydrogen) atoms. The van der Waals surface area contributed by atoms with Gasteiger partial charge in [-0.15, -0.1) is 0 Å². The Hall–Kier alpha value is -5.50. The lowest BCUT2D eigenvalue weighted by atomic mass is 9.51. The number of fused-ring (bicyclic) bond motifs is 2. The van der Waals surface area contributed by atoms with E-state index in [1.54, 1.807) is 25.2 Å². The van der Waals surface area contributed by atoms with Crippen molar-refractivity contribution in [2.24, 2.45) is 11.8 Å². The molecule has 1 spiro atoms. The first-order valence-corrected chi connectivity index (χ1v) is 24.5. The van der Waals surface area contributed by atoms with E-state index in [2.05, 4.69) is 6.08 Å². The number of carbonyl (C=O) groups excluding carboxylic acids is 4. The van der Waals surface area contributed by atoms with Crippen LogP contribution in [0.3, 0.4) is 0 Å².